The Morgan fingerprint density at radius 2 is 1.75 bits per heavy atom. The number of rotatable bonds is 5. The number of nitrogens with one attached hydrogen (secondary N) is 1. The van der Waals surface area contributed by atoms with E-state index in [1.54, 1.807) is 0 Å². The minimum Gasteiger partial charge on any atom is -0.315 e. The van der Waals surface area contributed by atoms with Crippen LogP contribution >= 0.6 is 0 Å². The molecule has 2 aliphatic heterocycles. The van der Waals surface area contributed by atoms with E-state index in [1.807, 2.05) is 0 Å². The van der Waals surface area contributed by atoms with E-state index in [0.29, 0.717) is 0 Å². The Hall–Kier alpha value is -0.120. The quantitative estimate of drug-likeness (QED) is 0.779. The van der Waals surface area contributed by atoms with Crippen molar-refractivity contribution in [2.75, 3.05) is 39.8 Å². The van der Waals surface area contributed by atoms with Gasteiger partial charge in [0.15, 0.2) is 0 Å². The van der Waals surface area contributed by atoms with Crippen LogP contribution in [0, 0.1) is 5.92 Å². The minimum atomic E-state index is 0.834. The minimum absolute atomic E-state index is 0.834. The molecule has 20 heavy (non-hydrogen) atoms. The summed E-state index contributed by atoms with van der Waals surface area (Å²) < 4.78 is 0. The van der Waals surface area contributed by atoms with Crippen LogP contribution in [-0.2, 0) is 0 Å². The number of nitrogens with zero attached hydrogens (tertiary/aromatic N) is 2. The smallest absolute Gasteiger partial charge is 0.0223 e. The molecule has 2 unspecified atom stereocenters. The summed E-state index contributed by atoms with van der Waals surface area (Å²) >= 11 is 0. The lowest BCUT2D eigenvalue weighted by molar-refractivity contribution is 0.218. The van der Waals surface area contributed by atoms with Crippen molar-refractivity contribution in [1.82, 2.24) is 15.1 Å². The van der Waals surface area contributed by atoms with E-state index in [1.165, 1.54) is 84.1 Å². The van der Waals surface area contributed by atoms with Gasteiger partial charge in [0, 0.05) is 31.7 Å². The van der Waals surface area contributed by atoms with E-state index in [0.717, 1.165) is 18.0 Å². The van der Waals surface area contributed by atoms with Crippen molar-refractivity contribution in [3.63, 3.8) is 0 Å². The fourth-order valence-electron chi connectivity index (χ4n) is 4.52. The van der Waals surface area contributed by atoms with Crippen LogP contribution < -0.4 is 5.32 Å². The Morgan fingerprint density at radius 1 is 0.950 bits per heavy atom. The third kappa shape index (κ3) is 3.75. The lowest BCUT2D eigenvalue weighted by atomic mass is 9.89. The standard InChI is InChI=1S/C17H33N3/c1-19-16-7-8-17(19)14-20(11-9-16)12-10-18-13-15-5-3-2-4-6-15/h15-18H,2-14H2,1H3. The highest BCUT2D eigenvalue weighted by Crippen LogP contribution is 2.28. The van der Waals surface area contributed by atoms with E-state index in [9.17, 15) is 0 Å². The van der Waals surface area contributed by atoms with Crippen molar-refractivity contribution >= 4 is 0 Å². The van der Waals surface area contributed by atoms with E-state index in [2.05, 4.69) is 22.2 Å². The molecular formula is C17H33N3. The van der Waals surface area contributed by atoms with Crippen LogP contribution in [0.15, 0.2) is 0 Å². The maximum Gasteiger partial charge on any atom is 0.0223 e. The molecule has 0 aromatic rings. The number of hydrogen-bond acceptors (Lipinski definition) is 3. The van der Waals surface area contributed by atoms with E-state index >= 15 is 0 Å². The Labute approximate surface area is 125 Å². The van der Waals surface area contributed by atoms with Crippen molar-refractivity contribution in [3.05, 3.63) is 0 Å². The average molecular weight is 279 g/mol. The van der Waals surface area contributed by atoms with Gasteiger partial charge in [-0.05, 0) is 58.2 Å². The zero-order chi connectivity index (χ0) is 13.8. The third-order valence-corrected chi connectivity index (χ3v) is 6.00. The average Bonchev–Trinajstić information content (AvgIpc) is 2.72. The molecule has 0 amide bonds. The van der Waals surface area contributed by atoms with Gasteiger partial charge in [-0.2, -0.15) is 0 Å². The lowest BCUT2D eigenvalue weighted by Crippen LogP contribution is -2.40. The van der Waals surface area contributed by atoms with Crippen LogP contribution in [0.2, 0.25) is 0 Å². The summed E-state index contributed by atoms with van der Waals surface area (Å²) in [6, 6.07) is 1.71. The highest BCUT2D eigenvalue weighted by molar-refractivity contribution is 4.91. The van der Waals surface area contributed by atoms with Gasteiger partial charge in [0.1, 0.15) is 0 Å². The zero-order valence-electron chi connectivity index (χ0n) is 13.3. The van der Waals surface area contributed by atoms with Crippen LogP contribution in [0.25, 0.3) is 0 Å². The molecule has 2 bridgehead atoms. The van der Waals surface area contributed by atoms with Crippen molar-refractivity contribution in [1.29, 1.82) is 0 Å². The Kier molecular flexibility index (Phi) is 5.36. The molecule has 1 N–H and O–H groups in total. The summed E-state index contributed by atoms with van der Waals surface area (Å²) in [6.45, 7) is 6.33. The predicted octanol–water partition coefficient (Wildman–Crippen LogP) is 2.32. The molecule has 3 aliphatic rings. The Bertz CT molecular complexity index is 288. The summed E-state index contributed by atoms with van der Waals surface area (Å²) in [6.07, 6.45) is 11.6. The van der Waals surface area contributed by atoms with Crippen LogP contribution in [0.5, 0.6) is 0 Å². The molecule has 3 fully saturated rings. The first-order chi connectivity index (χ1) is 9.83. The summed E-state index contributed by atoms with van der Waals surface area (Å²) in [4.78, 5) is 5.35. The van der Waals surface area contributed by atoms with Gasteiger partial charge in [0.2, 0.25) is 0 Å². The lowest BCUT2D eigenvalue weighted by Gasteiger charge is -2.26. The zero-order valence-corrected chi connectivity index (χ0v) is 13.3. The normalized spacial score (nSPS) is 33.5. The second kappa shape index (κ2) is 7.24. The van der Waals surface area contributed by atoms with Crippen molar-refractivity contribution in [2.45, 2.75) is 63.5 Å². The first kappa shape index (κ1) is 14.8. The molecule has 0 aromatic carbocycles. The fraction of sp³-hybridized carbons (Fsp3) is 1.00. The Balaban J connectivity index is 1.32. The maximum absolute atomic E-state index is 3.72. The number of likely N-dealkylation sites (tertiary alicyclic amines) is 1. The number of fused-ring (bicyclic) bond motifs is 2. The molecule has 2 heterocycles. The van der Waals surface area contributed by atoms with E-state index in [-0.39, 0.29) is 0 Å². The molecule has 2 saturated heterocycles. The first-order valence-corrected chi connectivity index (χ1v) is 8.98. The van der Waals surface area contributed by atoms with Gasteiger partial charge in [-0.3, -0.25) is 4.90 Å². The van der Waals surface area contributed by atoms with E-state index in [4.69, 9.17) is 0 Å². The van der Waals surface area contributed by atoms with Crippen LogP contribution in [-0.4, -0.2) is 61.7 Å². The highest BCUT2D eigenvalue weighted by atomic mass is 15.3. The largest absolute Gasteiger partial charge is 0.315 e. The van der Waals surface area contributed by atoms with Gasteiger partial charge in [-0.1, -0.05) is 19.3 Å². The fourth-order valence-corrected chi connectivity index (χ4v) is 4.52. The maximum atomic E-state index is 3.72. The molecule has 0 aromatic heterocycles. The van der Waals surface area contributed by atoms with Crippen LogP contribution in [0.4, 0.5) is 0 Å². The third-order valence-electron chi connectivity index (χ3n) is 6.00. The van der Waals surface area contributed by atoms with Crippen molar-refractivity contribution in [3.8, 4) is 0 Å². The molecular weight excluding hydrogens is 246 g/mol. The van der Waals surface area contributed by atoms with Crippen LogP contribution in [0.1, 0.15) is 51.4 Å². The topological polar surface area (TPSA) is 18.5 Å². The summed E-state index contributed by atoms with van der Waals surface area (Å²) in [5.41, 5.74) is 0. The second-order valence-corrected chi connectivity index (χ2v) is 7.35. The molecule has 3 nitrogen and oxygen atoms in total. The van der Waals surface area contributed by atoms with Gasteiger partial charge in [-0.25, -0.2) is 0 Å². The molecule has 1 saturated carbocycles. The molecule has 116 valence electrons. The first-order valence-electron chi connectivity index (χ1n) is 8.98. The SMILES string of the molecule is CN1C2CCC1CN(CCNCC1CCCCC1)CC2. The van der Waals surface area contributed by atoms with Gasteiger partial charge in [0.05, 0.1) is 0 Å². The molecule has 1 aliphatic carbocycles. The van der Waals surface area contributed by atoms with Crippen molar-refractivity contribution in [2.24, 2.45) is 5.92 Å². The molecule has 0 radical (unpaired) electrons. The molecule has 0 spiro atoms. The van der Waals surface area contributed by atoms with Gasteiger partial charge in [0.25, 0.3) is 0 Å². The molecule has 3 heteroatoms. The Morgan fingerprint density at radius 3 is 2.60 bits per heavy atom. The van der Waals surface area contributed by atoms with Crippen LogP contribution in [0.3, 0.4) is 0 Å². The summed E-state index contributed by atoms with van der Waals surface area (Å²) in [5.74, 6) is 0.968. The van der Waals surface area contributed by atoms with Gasteiger partial charge >= 0.3 is 0 Å². The van der Waals surface area contributed by atoms with Gasteiger partial charge in [-0.15, -0.1) is 0 Å². The van der Waals surface area contributed by atoms with Gasteiger partial charge < -0.3 is 10.2 Å². The second-order valence-electron chi connectivity index (χ2n) is 7.35. The summed E-state index contributed by atoms with van der Waals surface area (Å²) in [7, 11) is 2.34. The number of hydrogen-bond donors (Lipinski definition) is 1. The number of likely N-dealkylation sites (N-methyl/N-ethyl adjacent to an activating group) is 1. The predicted molar refractivity (Wildman–Crippen MR) is 85.1 cm³/mol. The molecule has 3 rings (SSSR count). The molecule has 2 atom stereocenters. The van der Waals surface area contributed by atoms with Crippen molar-refractivity contribution < 1.29 is 0 Å². The van der Waals surface area contributed by atoms with E-state index < -0.39 is 0 Å². The highest BCUT2D eigenvalue weighted by Gasteiger charge is 2.34. The summed E-state index contributed by atoms with van der Waals surface area (Å²) in [5, 5.41) is 3.72. The monoisotopic (exact) mass is 279 g/mol.